The Bertz CT molecular complexity index is 397. The minimum absolute atomic E-state index is 0.195. The fourth-order valence-corrected chi connectivity index (χ4v) is 3.94. The number of carboxylic acid groups (broad SMARTS) is 1. The van der Waals surface area contributed by atoms with Crippen LogP contribution in [-0.2, 0) is 15.6 Å². The normalized spacial score (nSPS) is 23.3. The van der Waals surface area contributed by atoms with Gasteiger partial charge in [0.05, 0.1) is 5.41 Å². The van der Waals surface area contributed by atoms with Crippen LogP contribution in [0.5, 0.6) is 0 Å². The third-order valence-corrected chi connectivity index (χ3v) is 5.58. The van der Waals surface area contributed by atoms with Gasteiger partial charge in [-0.25, -0.2) is 4.79 Å². The van der Waals surface area contributed by atoms with Gasteiger partial charge in [-0.05, 0) is 12.8 Å². The molecule has 2 aliphatic rings. The van der Waals surface area contributed by atoms with E-state index in [0.29, 0.717) is 37.4 Å². The second-order valence-corrected chi connectivity index (χ2v) is 7.34. The molecule has 2 rings (SSSR count). The van der Waals surface area contributed by atoms with Gasteiger partial charge in [0.1, 0.15) is 0 Å². The lowest BCUT2D eigenvalue weighted by atomic mass is 9.74. The van der Waals surface area contributed by atoms with E-state index in [1.165, 1.54) is 0 Å². The zero-order valence-corrected chi connectivity index (χ0v) is 12.4. The summed E-state index contributed by atoms with van der Waals surface area (Å²) in [6.45, 7) is 1.16. The fourth-order valence-electron chi connectivity index (χ4n) is 2.89. The van der Waals surface area contributed by atoms with Gasteiger partial charge in [0.2, 0.25) is 0 Å². The number of hydrogen-bond donors (Lipinski definition) is 2. The van der Waals surface area contributed by atoms with Crippen molar-refractivity contribution in [2.75, 3.05) is 31.1 Å². The Morgan fingerprint density at radius 1 is 1.15 bits per heavy atom. The number of amides is 2. The highest BCUT2D eigenvalue weighted by molar-refractivity contribution is 7.85. The summed E-state index contributed by atoms with van der Waals surface area (Å²) in [5.41, 5.74) is -0.799. The molecular formula is C13H22N2O4S. The van der Waals surface area contributed by atoms with E-state index in [9.17, 15) is 18.9 Å². The zero-order valence-electron chi connectivity index (χ0n) is 11.6. The van der Waals surface area contributed by atoms with Gasteiger partial charge >= 0.3 is 12.0 Å². The average Bonchev–Trinajstić information content (AvgIpc) is 2.46. The summed E-state index contributed by atoms with van der Waals surface area (Å²) in [7, 11) is -0.817. The number of hydrogen-bond acceptors (Lipinski definition) is 3. The molecule has 1 heterocycles. The molecule has 2 amide bonds. The van der Waals surface area contributed by atoms with Crippen LogP contribution >= 0.6 is 0 Å². The lowest BCUT2D eigenvalue weighted by Gasteiger charge is -2.34. The van der Waals surface area contributed by atoms with Crippen LogP contribution in [0.1, 0.15) is 32.1 Å². The molecule has 1 aliphatic heterocycles. The van der Waals surface area contributed by atoms with Crippen molar-refractivity contribution in [2.24, 2.45) is 5.41 Å². The van der Waals surface area contributed by atoms with Crippen molar-refractivity contribution in [2.45, 2.75) is 32.1 Å². The molecule has 114 valence electrons. The first-order valence-electron chi connectivity index (χ1n) is 7.15. The van der Waals surface area contributed by atoms with E-state index in [0.717, 1.165) is 19.3 Å². The van der Waals surface area contributed by atoms with Gasteiger partial charge in [0, 0.05) is 41.9 Å². The van der Waals surface area contributed by atoms with Crippen LogP contribution in [0.25, 0.3) is 0 Å². The quantitative estimate of drug-likeness (QED) is 0.807. The SMILES string of the molecule is O=C(NCC1(C(=O)O)CCCCC1)N1CCS(=O)CC1. The summed E-state index contributed by atoms with van der Waals surface area (Å²) in [6.07, 6.45) is 4.15. The topological polar surface area (TPSA) is 86.7 Å². The molecule has 0 bridgehead atoms. The maximum atomic E-state index is 12.0. The number of carbonyl (C=O) groups excluding carboxylic acids is 1. The minimum atomic E-state index is -0.817. The van der Waals surface area contributed by atoms with Crippen LogP contribution in [0, 0.1) is 5.41 Å². The monoisotopic (exact) mass is 302 g/mol. The molecule has 7 heteroatoms. The largest absolute Gasteiger partial charge is 0.481 e. The van der Waals surface area contributed by atoms with Gasteiger partial charge in [0.25, 0.3) is 0 Å². The third-order valence-electron chi connectivity index (χ3n) is 4.31. The summed E-state index contributed by atoms with van der Waals surface area (Å²) in [6, 6.07) is -0.229. The standard InChI is InChI=1S/C13H22N2O4S/c16-11(17)13(4-2-1-3-5-13)10-14-12(18)15-6-8-20(19)9-7-15/h1-10H2,(H,14,18)(H,16,17). The van der Waals surface area contributed by atoms with E-state index in [1.54, 1.807) is 4.90 Å². The lowest BCUT2D eigenvalue weighted by Crippen LogP contribution is -2.51. The summed E-state index contributed by atoms with van der Waals surface area (Å²) >= 11 is 0. The molecule has 1 saturated heterocycles. The van der Waals surface area contributed by atoms with Crippen molar-refractivity contribution >= 4 is 22.8 Å². The summed E-state index contributed by atoms with van der Waals surface area (Å²) in [5, 5.41) is 12.2. The molecule has 0 aromatic carbocycles. The number of nitrogens with one attached hydrogen (secondary N) is 1. The van der Waals surface area contributed by atoms with Crippen LogP contribution in [0.3, 0.4) is 0 Å². The van der Waals surface area contributed by atoms with Crippen molar-refractivity contribution in [3.8, 4) is 0 Å². The first-order chi connectivity index (χ1) is 9.53. The first kappa shape index (κ1) is 15.3. The molecule has 0 spiro atoms. The fraction of sp³-hybridized carbons (Fsp3) is 0.846. The number of aliphatic carboxylic acids is 1. The van der Waals surface area contributed by atoms with Gasteiger partial charge in [-0.1, -0.05) is 19.3 Å². The number of carboxylic acids is 1. The molecule has 0 aromatic heterocycles. The number of nitrogens with zero attached hydrogens (tertiary/aromatic N) is 1. The Kier molecular flexibility index (Phi) is 5.01. The summed E-state index contributed by atoms with van der Waals surface area (Å²) < 4.78 is 11.3. The van der Waals surface area contributed by atoms with E-state index in [4.69, 9.17) is 0 Å². The molecule has 6 nitrogen and oxygen atoms in total. The minimum Gasteiger partial charge on any atom is -0.481 e. The first-order valence-corrected chi connectivity index (χ1v) is 8.63. The Labute approximate surface area is 121 Å². The molecule has 0 atom stereocenters. The number of rotatable bonds is 3. The highest BCUT2D eigenvalue weighted by Crippen LogP contribution is 2.36. The molecule has 1 saturated carbocycles. The maximum absolute atomic E-state index is 12.0. The molecule has 0 radical (unpaired) electrons. The molecule has 0 aromatic rings. The van der Waals surface area contributed by atoms with Crippen molar-refractivity contribution < 1.29 is 18.9 Å². The second kappa shape index (κ2) is 6.56. The van der Waals surface area contributed by atoms with Crippen molar-refractivity contribution in [1.29, 1.82) is 0 Å². The summed E-state index contributed by atoms with van der Waals surface area (Å²) in [4.78, 5) is 25.2. The Morgan fingerprint density at radius 2 is 1.75 bits per heavy atom. The van der Waals surface area contributed by atoms with E-state index in [-0.39, 0.29) is 12.6 Å². The molecule has 1 aliphatic carbocycles. The van der Waals surface area contributed by atoms with E-state index in [1.807, 2.05) is 0 Å². The Morgan fingerprint density at radius 3 is 2.30 bits per heavy atom. The van der Waals surface area contributed by atoms with Gasteiger partial charge in [0.15, 0.2) is 0 Å². The van der Waals surface area contributed by atoms with E-state index in [2.05, 4.69) is 5.32 Å². The zero-order chi connectivity index (χ0) is 14.6. The summed E-state index contributed by atoms with van der Waals surface area (Å²) in [5.74, 6) is 0.215. The molecular weight excluding hydrogens is 280 g/mol. The predicted octanol–water partition coefficient (Wildman–Crippen LogP) is 0.795. The van der Waals surface area contributed by atoms with Crippen LogP contribution in [0.2, 0.25) is 0 Å². The molecule has 2 fully saturated rings. The average molecular weight is 302 g/mol. The van der Waals surface area contributed by atoms with Gasteiger partial charge in [-0.15, -0.1) is 0 Å². The Hall–Kier alpha value is -1.11. The van der Waals surface area contributed by atoms with Crippen LogP contribution in [-0.4, -0.2) is 57.4 Å². The van der Waals surface area contributed by atoms with Crippen LogP contribution in [0.15, 0.2) is 0 Å². The predicted molar refractivity (Wildman–Crippen MR) is 76.0 cm³/mol. The maximum Gasteiger partial charge on any atom is 0.317 e. The molecule has 0 unspecified atom stereocenters. The van der Waals surface area contributed by atoms with Crippen molar-refractivity contribution in [1.82, 2.24) is 10.2 Å². The molecule has 2 N–H and O–H groups in total. The third kappa shape index (κ3) is 3.50. The van der Waals surface area contributed by atoms with E-state index < -0.39 is 22.2 Å². The Balaban J connectivity index is 1.87. The highest BCUT2D eigenvalue weighted by atomic mass is 32.2. The molecule has 20 heavy (non-hydrogen) atoms. The van der Waals surface area contributed by atoms with Gasteiger partial charge in [-0.3, -0.25) is 9.00 Å². The smallest absolute Gasteiger partial charge is 0.317 e. The highest BCUT2D eigenvalue weighted by Gasteiger charge is 2.40. The van der Waals surface area contributed by atoms with E-state index >= 15 is 0 Å². The number of carbonyl (C=O) groups is 2. The van der Waals surface area contributed by atoms with Gasteiger partial charge in [-0.2, -0.15) is 0 Å². The van der Waals surface area contributed by atoms with Gasteiger partial charge < -0.3 is 15.3 Å². The van der Waals surface area contributed by atoms with Crippen LogP contribution in [0.4, 0.5) is 4.79 Å². The van der Waals surface area contributed by atoms with Crippen molar-refractivity contribution in [3.63, 3.8) is 0 Å². The number of urea groups is 1. The lowest BCUT2D eigenvalue weighted by molar-refractivity contribution is -0.150. The van der Waals surface area contributed by atoms with Crippen molar-refractivity contribution in [3.05, 3.63) is 0 Å². The second-order valence-electron chi connectivity index (χ2n) is 5.64. The van der Waals surface area contributed by atoms with Crippen LogP contribution < -0.4 is 5.32 Å².